The van der Waals surface area contributed by atoms with Crippen LogP contribution in [0.5, 0.6) is 0 Å². The van der Waals surface area contributed by atoms with Crippen molar-refractivity contribution >= 4 is 38.4 Å². The van der Waals surface area contributed by atoms with Crippen molar-refractivity contribution in [1.82, 2.24) is 0 Å². The molecule has 3 rings (SSSR count). The lowest BCUT2D eigenvalue weighted by molar-refractivity contribution is 1.17. The second kappa shape index (κ2) is 4.28. The van der Waals surface area contributed by atoms with Gasteiger partial charge in [-0.25, -0.2) is 0 Å². The normalized spacial score (nSPS) is 10.8. The molecule has 0 unspecified atom stereocenters. The first kappa shape index (κ1) is 9.87. The van der Waals surface area contributed by atoms with Gasteiger partial charge in [-0.15, -0.1) is 11.3 Å². The van der Waals surface area contributed by atoms with Crippen LogP contribution in [-0.4, -0.2) is 0 Å². The lowest BCUT2D eigenvalue weighted by Crippen LogP contribution is -1.97. The summed E-state index contributed by atoms with van der Waals surface area (Å²) >= 11 is 3.53. The lowest BCUT2D eigenvalue weighted by atomic mass is 10.2. The number of hydrogen-bond acceptors (Lipinski definition) is 3. The molecule has 0 fully saturated rings. The van der Waals surface area contributed by atoms with Crippen molar-refractivity contribution in [3.63, 3.8) is 0 Å². The molecular formula is C13H11NS2. The SMILES string of the molecule is c1cc(CNc2ccc3sccc3c2)cs1. The van der Waals surface area contributed by atoms with Crippen LogP contribution >= 0.6 is 22.7 Å². The summed E-state index contributed by atoms with van der Waals surface area (Å²) in [7, 11) is 0. The highest BCUT2D eigenvalue weighted by Gasteiger charge is 1.97. The van der Waals surface area contributed by atoms with E-state index >= 15 is 0 Å². The summed E-state index contributed by atoms with van der Waals surface area (Å²) < 4.78 is 1.35. The zero-order valence-corrected chi connectivity index (χ0v) is 10.3. The van der Waals surface area contributed by atoms with Crippen molar-refractivity contribution in [1.29, 1.82) is 0 Å². The fourth-order valence-corrected chi connectivity index (χ4v) is 3.11. The predicted molar refractivity (Wildman–Crippen MR) is 73.5 cm³/mol. The minimum Gasteiger partial charge on any atom is -0.381 e. The van der Waals surface area contributed by atoms with Gasteiger partial charge >= 0.3 is 0 Å². The fraction of sp³-hybridized carbons (Fsp3) is 0.0769. The van der Waals surface area contributed by atoms with E-state index in [1.165, 1.54) is 21.3 Å². The average molecular weight is 245 g/mol. The summed E-state index contributed by atoms with van der Waals surface area (Å²) in [6, 6.07) is 10.8. The van der Waals surface area contributed by atoms with Gasteiger partial charge in [-0.1, -0.05) is 0 Å². The number of anilines is 1. The van der Waals surface area contributed by atoms with Crippen LogP contribution in [0.25, 0.3) is 10.1 Å². The fourth-order valence-electron chi connectivity index (χ4n) is 1.67. The van der Waals surface area contributed by atoms with E-state index in [1.807, 2.05) is 0 Å². The van der Waals surface area contributed by atoms with Crippen LogP contribution in [0.15, 0.2) is 46.5 Å². The molecule has 0 aliphatic heterocycles. The first-order chi connectivity index (χ1) is 7.92. The largest absolute Gasteiger partial charge is 0.381 e. The molecule has 0 radical (unpaired) electrons. The van der Waals surface area contributed by atoms with Crippen molar-refractivity contribution < 1.29 is 0 Å². The van der Waals surface area contributed by atoms with Gasteiger partial charge in [0.05, 0.1) is 0 Å². The zero-order chi connectivity index (χ0) is 10.8. The molecule has 0 aliphatic carbocycles. The topological polar surface area (TPSA) is 12.0 Å². The van der Waals surface area contributed by atoms with E-state index in [2.05, 4.69) is 51.8 Å². The van der Waals surface area contributed by atoms with Crippen molar-refractivity contribution in [2.24, 2.45) is 0 Å². The van der Waals surface area contributed by atoms with Gasteiger partial charge < -0.3 is 5.32 Å². The van der Waals surface area contributed by atoms with Gasteiger partial charge in [0.2, 0.25) is 0 Å². The second-order valence-electron chi connectivity index (χ2n) is 3.66. The number of hydrogen-bond donors (Lipinski definition) is 1. The van der Waals surface area contributed by atoms with Crippen LogP contribution < -0.4 is 5.32 Å². The third kappa shape index (κ3) is 1.96. The van der Waals surface area contributed by atoms with Crippen LogP contribution in [0.4, 0.5) is 5.69 Å². The minimum atomic E-state index is 0.902. The van der Waals surface area contributed by atoms with E-state index in [-0.39, 0.29) is 0 Å². The van der Waals surface area contributed by atoms with E-state index < -0.39 is 0 Å². The molecule has 1 nitrogen and oxygen atoms in total. The molecule has 1 aromatic carbocycles. The lowest BCUT2D eigenvalue weighted by Gasteiger charge is -2.04. The summed E-state index contributed by atoms with van der Waals surface area (Å²) in [6.45, 7) is 0.902. The number of rotatable bonds is 3. The van der Waals surface area contributed by atoms with Crippen LogP contribution in [0, 0.1) is 0 Å². The van der Waals surface area contributed by atoms with Crippen molar-refractivity contribution in [2.75, 3.05) is 5.32 Å². The Kier molecular flexibility index (Phi) is 2.64. The molecule has 2 aromatic heterocycles. The summed E-state index contributed by atoms with van der Waals surface area (Å²) in [4.78, 5) is 0. The molecule has 16 heavy (non-hydrogen) atoms. The summed E-state index contributed by atoms with van der Waals surface area (Å²) in [6.07, 6.45) is 0. The van der Waals surface area contributed by atoms with Crippen molar-refractivity contribution in [3.8, 4) is 0 Å². The third-order valence-corrected chi connectivity index (χ3v) is 4.16. The summed E-state index contributed by atoms with van der Waals surface area (Å²) in [5.74, 6) is 0. The molecule has 2 heterocycles. The van der Waals surface area contributed by atoms with Crippen LogP contribution in [0.1, 0.15) is 5.56 Å². The molecule has 3 heteroatoms. The molecular weight excluding hydrogens is 234 g/mol. The Morgan fingerprint density at radius 2 is 2.06 bits per heavy atom. The standard InChI is InChI=1S/C13H11NS2/c1-2-13-11(4-6-16-13)7-12(1)14-8-10-3-5-15-9-10/h1-7,9,14H,8H2. The van der Waals surface area contributed by atoms with E-state index in [0.717, 1.165) is 6.54 Å². The molecule has 80 valence electrons. The molecule has 0 aliphatic rings. The maximum absolute atomic E-state index is 3.44. The Hall–Kier alpha value is -1.32. The Labute approximate surface area is 102 Å². The highest BCUT2D eigenvalue weighted by molar-refractivity contribution is 7.17. The quantitative estimate of drug-likeness (QED) is 0.712. The van der Waals surface area contributed by atoms with Gasteiger partial charge in [0, 0.05) is 16.9 Å². The van der Waals surface area contributed by atoms with Crippen LogP contribution in [0.3, 0.4) is 0 Å². The van der Waals surface area contributed by atoms with Gasteiger partial charge in [-0.05, 0) is 57.4 Å². The zero-order valence-electron chi connectivity index (χ0n) is 8.64. The van der Waals surface area contributed by atoms with Crippen molar-refractivity contribution in [3.05, 3.63) is 52.0 Å². The van der Waals surface area contributed by atoms with Gasteiger partial charge in [0.15, 0.2) is 0 Å². The molecule has 0 saturated heterocycles. The van der Waals surface area contributed by atoms with E-state index in [9.17, 15) is 0 Å². The number of benzene rings is 1. The maximum Gasteiger partial charge on any atom is 0.0409 e. The molecule has 0 saturated carbocycles. The number of fused-ring (bicyclic) bond motifs is 1. The first-order valence-corrected chi connectivity index (χ1v) is 6.96. The number of nitrogens with one attached hydrogen (secondary N) is 1. The van der Waals surface area contributed by atoms with E-state index in [0.29, 0.717) is 0 Å². The Balaban J connectivity index is 1.78. The Morgan fingerprint density at radius 3 is 2.94 bits per heavy atom. The van der Waals surface area contributed by atoms with Crippen LogP contribution in [0.2, 0.25) is 0 Å². The number of thiophene rings is 2. The third-order valence-electron chi connectivity index (χ3n) is 2.53. The monoisotopic (exact) mass is 245 g/mol. The molecule has 1 N–H and O–H groups in total. The van der Waals surface area contributed by atoms with Gasteiger partial charge in [-0.2, -0.15) is 11.3 Å². The molecule has 0 amide bonds. The van der Waals surface area contributed by atoms with Gasteiger partial charge in [0.25, 0.3) is 0 Å². The predicted octanol–water partition coefficient (Wildman–Crippen LogP) is 4.57. The molecule has 0 atom stereocenters. The molecule has 0 bridgehead atoms. The van der Waals surface area contributed by atoms with Crippen LogP contribution in [-0.2, 0) is 6.54 Å². The average Bonchev–Trinajstić information content (AvgIpc) is 2.97. The first-order valence-electron chi connectivity index (χ1n) is 5.14. The highest BCUT2D eigenvalue weighted by Crippen LogP contribution is 2.24. The summed E-state index contributed by atoms with van der Waals surface area (Å²) in [5, 5.41) is 11.2. The molecule has 3 aromatic rings. The van der Waals surface area contributed by atoms with Gasteiger partial charge in [0.1, 0.15) is 0 Å². The van der Waals surface area contributed by atoms with E-state index in [4.69, 9.17) is 0 Å². The molecule has 0 spiro atoms. The van der Waals surface area contributed by atoms with E-state index in [1.54, 1.807) is 22.7 Å². The van der Waals surface area contributed by atoms with Crippen molar-refractivity contribution in [2.45, 2.75) is 6.54 Å². The smallest absolute Gasteiger partial charge is 0.0409 e. The maximum atomic E-state index is 3.44. The Bertz CT molecular complexity index is 581. The Morgan fingerprint density at radius 1 is 1.06 bits per heavy atom. The minimum absolute atomic E-state index is 0.902. The second-order valence-corrected chi connectivity index (χ2v) is 5.39. The van der Waals surface area contributed by atoms with Gasteiger partial charge in [-0.3, -0.25) is 0 Å². The highest BCUT2D eigenvalue weighted by atomic mass is 32.1. The summed E-state index contributed by atoms with van der Waals surface area (Å²) in [5.41, 5.74) is 2.53.